The zero-order chi connectivity index (χ0) is 23.9. The van der Waals surface area contributed by atoms with Crippen LogP contribution in [0.3, 0.4) is 0 Å². The summed E-state index contributed by atoms with van der Waals surface area (Å²) in [6.45, 7) is 1.19. The third-order valence-corrected chi connectivity index (χ3v) is 5.19. The van der Waals surface area contributed by atoms with Gasteiger partial charge in [-0.05, 0) is 24.3 Å². The van der Waals surface area contributed by atoms with Crippen molar-refractivity contribution in [3.05, 3.63) is 97.1 Å². The van der Waals surface area contributed by atoms with Gasteiger partial charge in [0.1, 0.15) is 0 Å². The number of aromatic nitrogens is 2. The third kappa shape index (κ3) is 6.03. The van der Waals surface area contributed by atoms with Crippen molar-refractivity contribution in [1.82, 2.24) is 9.97 Å². The second kappa shape index (κ2) is 12.1. The first-order valence-corrected chi connectivity index (χ1v) is 10.9. The molecule has 6 nitrogen and oxygen atoms in total. The quantitative estimate of drug-likeness (QED) is 0.258. The van der Waals surface area contributed by atoms with Crippen molar-refractivity contribution in [3.63, 3.8) is 0 Å². The fourth-order valence-electron chi connectivity index (χ4n) is 3.55. The summed E-state index contributed by atoms with van der Waals surface area (Å²) >= 11 is 0. The fourth-order valence-corrected chi connectivity index (χ4v) is 3.55. The Morgan fingerprint density at radius 3 is 1.29 bits per heavy atom. The standard InChI is InChI=1S/2C13H9NO.C2H8N2.Ni/c2*15-12-7-3-5-10-8-9-4-1-2-6-11(9)14-13(10)12;3-1-2-4;/h2*1-8,15H;1-4H2;/q;;;+2/p-2. The summed E-state index contributed by atoms with van der Waals surface area (Å²) in [7, 11) is 0. The summed E-state index contributed by atoms with van der Waals surface area (Å²) < 4.78 is 0. The minimum atomic E-state index is -0.0155. The Morgan fingerprint density at radius 2 is 0.886 bits per heavy atom. The van der Waals surface area contributed by atoms with E-state index in [1.165, 1.54) is 0 Å². The summed E-state index contributed by atoms with van der Waals surface area (Å²) in [5, 5.41) is 27.1. The van der Waals surface area contributed by atoms with Gasteiger partial charge >= 0.3 is 16.5 Å². The van der Waals surface area contributed by atoms with E-state index in [1.54, 1.807) is 24.3 Å². The van der Waals surface area contributed by atoms with Crippen LogP contribution in [0.2, 0.25) is 0 Å². The molecule has 0 bridgehead atoms. The van der Waals surface area contributed by atoms with Crippen LogP contribution in [0.1, 0.15) is 0 Å². The molecule has 35 heavy (non-hydrogen) atoms. The Labute approximate surface area is 213 Å². The normalized spacial score (nSPS) is 10.2. The fraction of sp³-hybridized carbons (Fsp3) is 0.0714. The second-order valence-electron chi connectivity index (χ2n) is 7.60. The predicted octanol–water partition coefficient (Wildman–Crippen LogP) is 3.82. The molecule has 0 atom stereocenters. The van der Waals surface area contributed by atoms with Gasteiger partial charge < -0.3 is 21.7 Å². The SMILES string of the molecule is NCCN.[Ni+2].[O-]c1cccc2cc3ccccc3nc12.[O-]c1cccc2cc3ccccc3nc12. The molecule has 0 fully saturated rings. The van der Waals surface area contributed by atoms with Gasteiger partial charge in [0.2, 0.25) is 0 Å². The molecule has 2 heterocycles. The van der Waals surface area contributed by atoms with Crippen LogP contribution in [-0.2, 0) is 16.5 Å². The van der Waals surface area contributed by atoms with E-state index < -0.39 is 0 Å². The average molecular weight is 507 g/mol. The van der Waals surface area contributed by atoms with E-state index in [0.29, 0.717) is 24.1 Å². The van der Waals surface area contributed by atoms with Gasteiger partial charge in [-0.25, -0.2) is 9.97 Å². The first kappa shape index (κ1) is 25.8. The molecule has 7 heteroatoms. The zero-order valence-electron chi connectivity index (χ0n) is 18.8. The van der Waals surface area contributed by atoms with Gasteiger partial charge in [0.15, 0.2) is 0 Å². The van der Waals surface area contributed by atoms with Crippen LogP contribution in [0.5, 0.6) is 11.5 Å². The maximum Gasteiger partial charge on any atom is 2.00 e. The molecule has 0 saturated carbocycles. The minimum Gasteiger partial charge on any atom is -0.871 e. The summed E-state index contributed by atoms with van der Waals surface area (Å²) in [5.74, 6) is -0.0310. The van der Waals surface area contributed by atoms with Crippen LogP contribution in [0.15, 0.2) is 97.1 Å². The number of fused-ring (bicyclic) bond motifs is 4. The van der Waals surface area contributed by atoms with Crippen LogP contribution >= 0.6 is 0 Å². The molecule has 6 rings (SSSR count). The smallest absolute Gasteiger partial charge is 0.871 e. The van der Waals surface area contributed by atoms with Gasteiger partial charge in [-0.2, -0.15) is 0 Å². The largest absolute Gasteiger partial charge is 2.00 e. The molecule has 0 aliphatic rings. The molecule has 6 aromatic rings. The molecule has 0 radical (unpaired) electrons. The summed E-state index contributed by atoms with van der Waals surface area (Å²) in [6, 6.07) is 30.1. The molecule has 0 aliphatic heterocycles. The molecular formula is C28H24N4NiO2. The second-order valence-corrected chi connectivity index (χ2v) is 7.60. The van der Waals surface area contributed by atoms with Crippen LogP contribution < -0.4 is 21.7 Å². The third-order valence-electron chi connectivity index (χ3n) is 5.19. The number of para-hydroxylation sites is 4. The van der Waals surface area contributed by atoms with Gasteiger partial charge in [-0.15, -0.1) is 0 Å². The Kier molecular flexibility index (Phi) is 8.93. The van der Waals surface area contributed by atoms with Gasteiger partial charge in [0, 0.05) is 34.6 Å². The number of nitrogens with zero attached hydrogens (tertiary/aromatic N) is 2. The van der Waals surface area contributed by atoms with Crippen molar-refractivity contribution in [3.8, 4) is 11.5 Å². The number of rotatable bonds is 1. The zero-order valence-corrected chi connectivity index (χ0v) is 19.8. The Balaban J connectivity index is 0.000000166. The Hall–Kier alpha value is -3.77. The molecule has 0 amide bonds. The maximum absolute atomic E-state index is 11.6. The summed E-state index contributed by atoms with van der Waals surface area (Å²) in [6.07, 6.45) is 0. The van der Waals surface area contributed by atoms with Gasteiger partial charge in [0.25, 0.3) is 0 Å². The molecule has 2 aromatic heterocycles. The number of hydrogen-bond acceptors (Lipinski definition) is 6. The van der Waals surface area contributed by atoms with E-state index in [9.17, 15) is 10.2 Å². The first-order valence-electron chi connectivity index (χ1n) is 10.9. The van der Waals surface area contributed by atoms with E-state index in [0.717, 1.165) is 32.6 Å². The van der Waals surface area contributed by atoms with E-state index in [-0.39, 0.29) is 28.0 Å². The molecule has 0 unspecified atom stereocenters. The number of hydrogen-bond donors (Lipinski definition) is 2. The number of pyridine rings is 2. The van der Waals surface area contributed by atoms with Gasteiger partial charge in [-0.1, -0.05) is 84.3 Å². The van der Waals surface area contributed by atoms with E-state index in [1.807, 2.05) is 72.8 Å². The van der Waals surface area contributed by atoms with Crippen molar-refractivity contribution in [2.45, 2.75) is 0 Å². The molecular weight excluding hydrogens is 483 g/mol. The number of benzene rings is 4. The first-order chi connectivity index (χ1) is 16.6. The van der Waals surface area contributed by atoms with Crippen LogP contribution in [0.4, 0.5) is 0 Å². The van der Waals surface area contributed by atoms with E-state index in [2.05, 4.69) is 9.97 Å². The Bertz CT molecular complexity index is 1450. The average Bonchev–Trinajstić information content (AvgIpc) is 2.88. The molecule has 0 saturated heterocycles. The van der Waals surface area contributed by atoms with Crippen molar-refractivity contribution in [1.29, 1.82) is 0 Å². The van der Waals surface area contributed by atoms with E-state index >= 15 is 0 Å². The topological polar surface area (TPSA) is 124 Å². The maximum atomic E-state index is 11.6. The molecule has 0 aliphatic carbocycles. The van der Waals surface area contributed by atoms with Crippen LogP contribution in [-0.4, -0.2) is 23.1 Å². The van der Waals surface area contributed by atoms with Crippen molar-refractivity contribution >= 4 is 43.6 Å². The van der Waals surface area contributed by atoms with Gasteiger partial charge in [0.05, 0.1) is 22.1 Å². The van der Waals surface area contributed by atoms with Crippen molar-refractivity contribution in [2.24, 2.45) is 11.5 Å². The summed E-state index contributed by atoms with van der Waals surface area (Å²) in [4.78, 5) is 8.73. The summed E-state index contributed by atoms with van der Waals surface area (Å²) in [5.41, 5.74) is 12.6. The van der Waals surface area contributed by atoms with Crippen LogP contribution in [0.25, 0.3) is 43.6 Å². The molecule has 4 N–H and O–H groups in total. The van der Waals surface area contributed by atoms with Crippen molar-refractivity contribution in [2.75, 3.05) is 13.1 Å². The molecule has 0 spiro atoms. The molecule has 4 aromatic carbocycles. The predicted molar refractivity (Wildman–Crippen MR) is 135 cm³/mol. The minimum absolute atomic E-state index is 0. The Morgan fingerprint density at radius 1 is 0.514 bits per heavy atom. The van der Waals surface area contributed by atoms with Crippen molar-refractivity contribution < 1.29 is 26.7 Å². The van der Waals surface area contributed by atoms with E-state index in [4.69, 9.17) is 11.5 Å². The monoisotopic (exact) mass is 506 g/mol. The van der Waals surface area contributed by atoms with Gasteiger partial charge in [-0.3, -0.25) is 0 Å². The number of nitrogens with two attached hydrogens (primary N) is 2. The van der Waals surface area contributed by atoms with Crippen LogP contribution in [0, 0.1) is 0 Å². The molecule has 178 valence electrons.